The molecule has 1 nitrogen and oxygen atoms in total. The Bertz CT molecular complexity index is 2740. The molecule has 10 rings (SSSR count). The molecule has 9 aromatic rings. The molecule has 9 aromatic carbocycles. The third kappa shape index (κ3) is 4.61. The molecule has 0 fully saturated rings. The van der Waals surface area contributed by atoms with E-state index in [1.807, 2.05) is 60.7 Å². The Kier molecular flexibility index (Phi) is 7.39. The van der Waals surface area contributed by atoms with Gasteiger partial charge in [-0.15, -0.1) is 0 Å². The summed E-state index contributed by atoms with van der Waals surface area (Å²) in [5.41, 5.74) is 9.35. The average molecular weight is 695 g/mol. The van der Waals surface area contributed by atoms with E-state index in [1.165, 1.54) is 60.5 Å². The average Bonchev–Trinajstić information content (AvgIpc) is 3.25. The number of fused-ring (bicyclic) bond motifs is 4. The van der Waals surface area contributed by atoms with E-state index in [1.54, 1.807) is 0 Å². The Balaban J connectivity index is 1.29. The summed E-state index contributed by atoms with van der Waals surface area (Å²) in [6.45, 7) is 0. The molecule has 0 aromatic heterocycles. The summed E-state index contributed by atoms with van der Waals surface area (Å²) in [5.74, 6) is 0. The van der Waals surface area contributed by atoms with Gasteiger partial charge in [-0.1, -0.05) is 212 Å². The summed E-state index contributed by atoms with van der Waals surface area (Å²) in [4.78, 5) is 0. The van der Waals surface area contributed by atoms with Crippen LogP contribution in [0, 0.1) is 0 Å². The molecule has 1 aliphatic rings. The zero-order valence-electron chi connectivity index (χ0n) is 29.1. The molecular formula is C51H35OP. The maximum Gasteiger partial charge on any atom is 0.171 e. The highest BCUT2D eigenvalue weighted by molar-refractivity contribution is 7.85. The monoisotopic (exact) mass is 694 g/mol. The molecule has 0 bridgehead atoms. The van der Waals surface area contributed by atoms with Crippen molar-refractivity contribution in [1.82, 2.24) is 0 Å². The van der Waals surface area contributed by atoms with Gasteiger partial charge in [0.1, 0.15) is 0 Å². The first-order valence-electron chi connectivity index (χ1n) is 18.2. The van der Waals surface area contributed by atoms with Gasteiger partial charge in [0.15, 0.2) is 7.14 Å². The Hall–Kier alpha value is -6.27. The first kappa shape index (κ1) is 31.5. The van der Waals surface area contributed by atoms with Crippen molar-refractivity contribution in [1.29, 1.82) is 0 Å². The molecule has 0 heterocycles. The van der Waals surface area contributed by atoms with Crippen LogP contribution in [0.15, 0.2) is 212 Å². The van der Waals surface area contributed by atoms with Gasteiger partial charge in [0.2, 0.25) is 0 Å². The summed E-state index contributed by atoms with van der Waals surface area (Å²) in [5, 5.41) is 7.42. The van der Waals surface area contributed by atoms with Gasteiger partial charge in [0.25, 0.3) is 0 Å². The molecule has 0 saturated carbocycles. The highest BCUT2D eigenvalue weighted by Crippen LogP contribution is 2.58. The van der Waals surface area contributed by atoms with Gasteiger partial charge < -0.3 is 4.57 Å². The van der Waals surface area contributed by atoms with E-state index in [9.17, 15) is 0 Å². The SMILES string of the molecule is O=P(c1ccccc1)(c1ccccc1)c1ccc(-c2c3ccccc3c3c4c(cccc24)C(c2ccccc2)(c2ccccc2)c2ccccc2-3)cc1. The fraction of sp³-hybridized carbons (Fsp3) is 0.0196. The Morgan fingerprint density at radius 2 is 0.774 bits per heavy atom. The Morgan fingerprint density at radius 3 is 1.36 bits per heavy atom. The molecule has 2 heteroatoms. The van der Waals surface area contributed by atoms with Crippen molar-refractivity contribution in [3.8, 4) is 22.3 Å². The van der Waals surface area contributed by atoms with Gasteiger partial charge in [0, 0.05) is 15.9 Å². The van der Waals surface area contributed by atoms with Gasteiger partial charge in [-0.05, 0) is 66.1 Å². The lowest BCUT2D eigenvalue weighted by Gasteiger charge is -2.42. The molecule has 1 aliphatic carbocycles. The summed E-state index contributed by atoms with van der Waals surface area (Å²) < 4.78 is 15.3. The van der Waals surface area contributed by atoms with Gasteiger partial charge in [-0.3, -0.25) is 0 Å². The summed E-state index contributed by atoms with van der Waals surface area (Å²) in [6, 6.07) is 75.1. The van der Waals surface area contributed by atoms with Crippen LogP contribution >= 0.6 is 7.14 Å². The van der Waals surface area contributed by atoms with Crippen molar-refractivity contribution in [2.75, 3.05) is 0 Å². The topological polar surface area (TPSA) is 17.1 Å². The molecule has 0 N–H and O–H groups in total. The van der Waals surface area contributed by atoms with E-state index in [0.717, 1.165) is 21.5 Å². The van der Waals surface area contributed by atoms with E-state index >= 15 is 4.57 Å². The smallest absolute Gasteiger partial charge is 0.171 e. The molecule has 0 atom stereocenters. The van der Waals surface area contributed by atoms with Crippen molar-refractivity contribution >= 4 is 44.6 Å². The lowest BCUT2D eigenvalue weighted by Crippen LogP contribution is -2.34. The van der Waals surface area contributed by atoms with E-state index < -0.39 is 12.6 Å². The quantitative estimate of drug-likeness (QED) is 0.125. The molecule has 0 aliphatic heterocycles. The lowest BCUT2D eigenvalue weighted by molar-refractivity contribution is 0.592. The van der Waals surface area contributed by atoms with Crippen LogP contribution in [0.5, 0.6) is 0 Å². The molecule has 0 unspecified atom stereocenters. The van der Waals surface area contributed by atoms with Crippen molar-refractivity contribution in [3.63, 3.8) is 0 Å². The predicted molar refractivity (Wildman–Crippen MR) is 224 cm³/mol. The third-order valence-electron chi connectivity index (χ3n) is 11.2. The summed E-state index contributed by atoms with van der Waals surface area (Å²) >= 11 is 0. The van der Waals surface area contributed by atoms with E-state index in [-0.39, 0.29) is 0 Å². The highest BCUT2D eigenvalue weighted by atomic mass is 31.2. The number of hydrogen-bond donors (Lipinski definition) is 0. The first-order valence-corrected chi connectivity index (χ1v) is 19.9. The molecule has 0 saturated heterocycles. The van der Waals surface area contributed by atoms with Gasteiger partial charge in [-0.25, -0.2) is 0 Å². The van der Waals surface area contributed by atoms with Crippen LogP contribution in [-0.4, -0.2) is 0 Å². The molecule has 0 spiro atoms. The second-order valence-corrected chi connectivity index (χ2v) is 16.6. The maximum atomic E-state index is 15.3. The van der Waals surface area contributed by atoms with E-state index in [2.05, 4.69) is 152 Å². The normalized spacial score (nSPS) is 13.1. The number of hydrogen-bond acceptors (Lipinski definition) is 1. The standard InChI is InChI=1S/C51H35OP/c52-53(39-22-9-3-10-23-39,40-24-11-4-12-25-40)41-34-32-36(33-35-41)48-42-26-13-14-27-43(42)49-44-28-15-16-30-46(44)51(37-18-5-1-6-19-37,38-20-7-2-8-21-38)47-31-17-29-45(48)50(47)49/h1-35H. The maximum absolute atomic E-state index is 15.3. The molecule has 0 amide bonds. The minimum Gasteiger partial charge on any atom is -0.309 e. The Labute approximate surface area is 310 Å². The largest absolute Gasteiger partial charge is 0.309 e. The minimum atomic E-state index is -3.12. The van der Waals surface area contributed by atoms with Gasteiger partial charge in [0.05, 0.1) is 5.41 Å². The van der Waals surface area contributed by atoms with Crippen LogP contribution in [0.1, 0.15) is 22.3 Å². The minimum absolute atomic E-state index is 0.535. The van der Waals surface area contributed by atoms with Crippen molar-refractivity contribution in [3.05, 3.63) is 235 Å². The highest BCUT2D eigenvalue weighted by Gasteiger charge is 2.44. The first-order chi connectivity index (χ1) is 26.2. The van der Waals surface area contributed by atoms with Crippen molar-refractivity contribution in [2.24, 2.45) is 0 Å². The molecular weight excluding hydrogens is 660 g/mol. The zero-order chi connectivity index (χ0) is 35.4. The molecule has 0 radical (unpaired) electrons. The van der Waals surface area contributed by atoms with Gasteiger partial charge >= 0.3 is 0 Å². The van der Waals surface area contributed by atoms with E-state index in [4.69, 9.17) is 0 Å². The van der Waals surface area contributed by atoms with Crippen LogP contribution < -0.4 is 15.9 Å². The second-order valence-electron chi connectivity index (χ2n) is 13.9. The number of benzene rings is 9. The van der Waals surface area contributed by atoms with Crippen LogP contribution in [0.25, 0.3) is 43.8 Å². The number of rotatable bonds is 6. The van der Waals surface area contributed by atoms with Crippen LogP contribution in [0.4, 0.5) is 0 Å². The second kappa shape index (κ2) is 12.4. The van der Waals surface area contributed by atoms with Crippen molar-refractivity contribution in [2.45, 2.75) is 5.41 Å². The van der Waals surface area contributed by atoms with Gasteiger partial charge in [-0.2, -0.15) is 0 Å². The lowest BCUT2D eigenvalue weighted by atomic mass is 9.59. The third-order valence-corrected chi connectivity index (χ3v) is 14.3. The van der Waals surface area contributed by atoms with Crippen molar-refractivity contribution < 1.29 is 4.57 Å². The fourth-order valence-electron chi connectivity index (χ4n) is 9.03. The summed E-state index contributed by atoms with van der Waals surface area (Å²) in [7, 11) is -3.12. The fourth-order valence-corrected chi connectivity index (χ4v) is 11.7. The predicted octanol–water partition coefficient (Wildman–Crippen LogP) is 11.7. The molecule has 53 heavy (non-hydrogen) atoms. The summed E-state index contributed by atoms with van der Waals surface area (Å²) in [6.07, 6.45) is 0. The Morgan fingerprint density at radius 1 is 0.340 bits per heavy atom. The molecule has 250 valence electrons. The van der Waals surface area contributed by atoms with Crippen LogP contribution in [0.3, 0.4) is 0 Å². The van der Waals surface area contributed by atoms with Crippen LogP contribution in [0.2, 0.25) is 0 Å². The van der Waals surface area contributed by atoms with E-state index in [0.29, 0.717) is 0 Å². The van der Waals surface area contributed by atoms with Crippen LogP contribution in [-0.2, 0) is 9.98 Å². The zero-order valence-corrected chi connectivity index (χ0v) is 30.0.